The van der Waals surface area contributed by atoms with Crippen LogP contribution in [0.2, 0.25) is 0 Å². The van der Waals surface area contributed by atoms with Crippen LogP contribution in [0.4, 0.5) is 0 Å². The first kappa shape index (κ1) is 22.2. The topological polar surface area (TPSA) is 108 Å². The zero-order valence-electron chi connectivity index (χ0n) is 17.2. The third-order valence-corrected chi connectivity index (χ3v) is 6.38. The number of fused-ring (bicyclic) bond motifs is 1. The maximum Gasteiger partial charge on any atom is 0.221 e. The Bertz CT molecular complexity index is 951. The van der Waals surface area contributed by atoms with E-state index >= 15 is 0 Å². The molecule has 2 aromatic rings. The number of unbranched alkanes of at least 4 members (excludes halogenated alkanes) is 1. The van der Waals surface area contributed by atoms with Crippen molar-refractivity contribution in [3.63, 3.8) is 0 Å². The number of hydrogen-bond donors (Lipinski definition) is 3. The maximum atomic E-state index is 12.1. The highest BCUT2D eigenvalue weighted by Gasteiger charge is 2.18. The molecule has 6 nitrogen and oxygen atoms in total. The van der Waals surface area contributed by atoms with E-state index in [0.29, 0.717) is 19.4 Å². The van der Waals surface area contributed by atoms with Crippen LogP contribution in [0.5, 0.6) is 0 Å². The Hall–Kier alpha value is -2.53. The third-order valence-electron chi connectivity index (χ3n) is 5.19. The van der Waals surface area contributed by atoms with E-state index in [1.54, 1.807) is 0 Å². The number of nitrogens with one attached hydrogen (secondary N) is 2. The molecule has 0 bridgehead atoms. The second-order valence-corrected chi connectivity index (χ2v) is 9.05. The highest BCUT2D eigenvalue weighted by Crippen LogP contribution is 2.27. The monoisotopic (exact) mass is 424 g/mol. The summed E-state index contributed by atoms with van der Waals surface area (Å²) >= 11 is 0. The summed E-state index contributed by atoms with van der Waals surface area (Å²) in [7, 11) is -1.14. The van der Waals surface area contributed by atoms with Crippen molar-refractivity contribution in [3.05, 3.63) is 53.6 Å². The minimum atomic E-state index is -1.14. The molecule has 0 saturated carbocycles. The quantitative estimate of drug-likeness (QED) is 0.538. The summed E-state index contributed by atoms with van der Waals surface area (Å²) < 4.78 is 14.9. The van der Waals surface area contributed by atoms with Gasteiger partial charge in [-0.15, -0.1) is 0 Å². The first-order valence-electron chi connectivity index (χ1n) is 10.3. The van der Waals surface area contributed by atoms with Gasteiger partial charge >= 0.3 is 0 Å². The normalized spacial score (nSPS) is 17.0. The summed E-state index contributed by atoms with van der Waals surface area (Å²) in [5, 5.41) is 12.2. The van der Waals surface area contributed by atoms with E-state index in [1.165, 1.54) is 0 Å². The molecular weight excluding hydrogens is 396 g/mol. The molecule has 2 unspecified atom stereocenters. The Morgan fingerprint density at radius 3 is 2.67 bits per heavy atom. The second-order valence-electron chi connectivity index (χ2n) is 7.79. The molecule has 1 heterocycles. The van der Waals surface area contributed by atoms with E-state index in [2.05, 4.69) is 16.1 Å². The molecule has 2 aromatic carbocycles. The van der Waals surface area contributed by atoms with E-state index in [9.17, 15) is 14.3 Å². The minimum absolute atomic E-state index is 0.0948. The van der Waals surface area contributed by atoms with Crippen LogP contribution in [0.3, 0.4) is 0 Å². The molecule has 0 aromatic heterocycles. The SMILES string of the molecule is C[C@H](N)CCCCC(=O)NC(C#N)Cc1ccc(-c2ccc3c(c2)S(=O)NC3)cc1. The molecule has 3 rings (SSSR count). The van der Waals surface area contributed by atoms with Gasteiger partial charge in [0, 0.05) is 25.4 Å². The van der Waals surface area contributed by atoms with Crippen LogP contribution in [-0.4, -0.2) is 22.2 Å². The Morgan fingerprint density at radius 1 is 1.23 bits per heavy atom. The van der Waals surface area contributed by atoms with Crippen molar-refractivity contribution in [1.82, 2.24) is 10.0 Å². The number of carbonyl (C=O) groups is 1. The van der Waals surface area contributed by atoms with E-state index in [1.807, 2.05) is 49.4 Å². The molecule has 1 amide bonds. The van der Waals surface area contributed by atoms with Gasteiger partial charge in [0.15, 0.2) is 0 Å². The van der Waals surface area contributed by atoms with Crippen LogP contribution in [0.25, 0.3) is 11.1 Å². The molecule has 0 spiro atoms. The van der Waals surface area contributed by atoms with Crippen molar-refractivity contribution in [3.8, 4) is 17.2 Å². The minimum Gasteiger partial charge on any atom is -0.340 e. The number of nitrogens with zero attached hydrogens (tertiary/aromatic N) is 1. The lowest BCUT2D eigenvalue weighted by Gasteiger charge is -2.13. The molecule has 0 fully saturated rings. The smallest absolute Gasteiger partial charge is 0.221 e. The van der Waals surface area contributed by atoms with Gasteiger partial charge in [0.1, 0.15) is 17.0 Å². The van der Waals surface area contributed by atoms with Gasteiger partial charge in [-0.25, -0.2) is 8.93 Å². The van der Waals surface area contributed by atoms with Gasteiger partial charge in [0.2, 0.25) is 5.91 Å². The van der Waals surface area contributed by atoms with Gasteiger partial charge in [-0.3, -0.25) is 4.79 Å². The number of rotatable bonds is 9. The van der Waals surface area contributed by atoms with Crippen molar-refractivity contribution in [2.75, 3.05) is 0 Å². The summed E-state index contributed by atoms with van der Waals surface area (Å²) in [5.41, 5.74) is 9.80. The lowest BCUT2D eigenvalue weighted by atomic mass is 10.00. The number of benzene rings is 2. The van der Waals surface area contributed by atoms with Crippen molar-refractivity contribution in [2.45, 2.75) is 62.6 Å². The van der Waals surface area contributed by atoms with Gasteiger partial charge in [-0.2, -0.15) is 5.26 Å². The molecule has 3 atom stereocenters. The van der Waals surface area contributed by atoms with Crippen molar-refractivity contribution in [2.24, 2.45) is 5.73 Å². The van der Waals surface area contributed by atoms with Crippen LogP contribution < -0.4 is 15.8 Å². The number of nitrogens with two attached hydrogens (primary N) is 1. The van der Waals surface area contributed by atoms with Gasteiger partial charge in [-0.1, -0.05) is 42.8 Å². The summed E-state index contributed by atoms with van der Waals surface area (Å²) in [6, 6.07) is 15.7. The van der Waals surface area contributed by atoms with E-state index in [0.717, 1.165) is 46.4 Å². The number of carbonyl (C=O) groups excluding carboxylic acids is 1. The molecule has 0 radical (unpaired) electrons. The largest absolute Gasteiger partial charge is 0.340 e. The highest BCUT2D eigenvalue weighted by molar-refractivity contribution is 7.83. The Balaban J connectivity index is 1.55. The van der Waals surface area contributed by atoms with Crippen LogP contribution in [0.15, 0.2) is 47.4 Å². The second kappa shape index (κ2) is 10.5. The number of amides is 1. The van der Waals surface area contributed by atoms with Gasteiger partial charge in [0.25, 0.3) is 0 Å². The van der Waals surface area contributed by atoms with E-state index in [-0.39, 0.29) is 11.9 Å². The van der Waals surface area contributed by atoms with Gasteiger partial charge < -0.3 is 11.1 Å². The summed E-state index contributed by atoms with van der Waals surface area (Å²) in [6.07, 6.45) is 3.47. The van der Waals surface area contributed by atoms with Crippen LogP contribution in [-0.2, 0) is 28.7 Å². The van der Waals surface area contributed by atoms with Crippen molar-refractivity contribution < 1.29 is 9.00 Å². The fourth-order valence-electron chi connectivity index (χ4n) is 3.49. The Kier molecular flexibility index (Phi) is 7.75. The summed E-state index contributed by atoms with van der Waals surface area (Å²) in [5.74, 6) is -0.0948. The molecule has 1 aliphatic rings. The summed E-state index contributed by atoms with van der Waals surface area (Å²) in [6.45, 7) is 2.59. The van der Waals surface area contributed by atoms with Crippen molar-refractivity contribution in [1.29, 1.82) is 5.26 Å². The molecular formula is C23H28N4O2S. The first-order valence-corrected chi connectivity index (χ1v) is 11.4. The van der Waals surface area contributed by atoms with Gasteiger partial charge in [-0.05, 0) is 48.1 Å². The zero-order chi connectivity index (χ0) is 21.5. The molecule has 1 aliphatic heterocycles. The van der Waals surface area contributed by atoms with Crippen LogP contribution in [0, 0.1) is 11.3 Å². The predicted molar refractivity (Wildman–Crippen MR) is 118 cm³/mol. The average molecular weight is 425 g/mol. The lowest BCUT2D eigenvalue weighted by molar-refractivity contribution is -0.121. The molecule has 0 saturated heterocycles. The molecule has 0 aliphatic carbocycles. The average Bonchev–Trinajstić information content (AvgIpc) is 3.11. The fraction of sp³-hybridized carbons (Fsp3) is 0.391. The fourth-order valence-corrected chi connectivity index (χ4v) is 4.54. The van der Waals surface area contributed by atoms with E-state index < -0.39 is 17.0 Å². The third kappa shape index (κ3) is 5.99. The number of nitriles is 1. The highest BCUT2D eigenvalue weighted by atomic mass is 32.2. The lowest BCUT2D eigenvalue weighted by Crippen LogP contribution is -2.35. The zero-order valence-corrected chi connectivity index (χ0v) is 18.0. The van der Waals surface area contributed by atoms with Gasteiger partial charge in [0.05, 0.1) is 11.0 Å². The van der Waals surface area contributed by atoms with Crippen LogP contribution in [0.1, 0.15) is 43.7 Å². The molecule has 30 heavy (non-hydrogen) atoms. The Labute approximate surface area is 180 Å². The molecule has 7 heteroatoms. The maximum absolute atomic E-state index is 12.1. The standard InChI is InChI=1S/C23H28N4O2S/c1-16(25)4-2-3-5-23(28)27-21(14-24)12-17-6-8-18(9-7-17)19-10-11-20-15-26-30(29)22(20)13-19/h6-11,13,16,21,26H,2-5,12,15,25H2,1H3,(H,27,28)/t16-,21?,30?/m0/s1. The molecule has 158 valence electrons. The van der Waals surface area contributed by atoms with Crippen LogP contribution >= 0.6 is 0 Å². The summed E-state index contributed by atoms with van der Waals surface area (Å²) in [4.78, 5) is 12.9. The predicted octanol–water partition coefficient (Wildman–Crippen LogP) is 2.94. The first-order chi connectivity index (χ1) is 14.5. The molecule has 4 N–H and O–H groups in total. The van der Waals surface area contributed by atoms with Crippen molar-refractivity contribution >= 4 is 16.9 Å². The Morgan fingerprint density at radius 2 is 1.97 bits per heavy atom. The number of hydrogen-bond acceptors (Lipinski definition) is 4. The van der Waals surface area contributed by atoms with E-state index in [4.69, 9.17) is 5.73 Å².